The minimum absolute atomic E-state index is 0.0277. The van der Waals surface area contributed by atoms with Gasteiger partial charge in [0.25, 0.3) is 0 Å². The summed E-state index contributed by atoms with van der Waals surface area (Å²) in [6, 6.07) is 1.54. The summed E-state index contributed by atoms with van der Waals surface area (Å²) in [5.74, 6) is 0. The first-order valence-electron chi connectivity index (χ1n) is 7.13. The number of alkyl halides is 6. The van der Waals surface area contributed by atoms with E-state index in [-0.39, 0.29) is 24.1 Å². The number of halogens is 6. The number of unbranched alkanes of at least 4 members (excludes halogenated alkanes) is 2. The largest absolute Gasteiger partial charge is 0.495 e. The first-order chi connectivity index (χ1) is 10.8. The first-order valence-corrected chi connectivity index (χ1v) is 9.14. The summed E-state index contributed by atoms with van der Waals surface area (Å²) in [5, 5.41) is 0. The van der Waals surface area contributed by atoms with Crippen LogP contribution in [0.4, 0.5) is 26.3 Å². The van der Waals surface area contributed by atoms with Crippen LogP contribution in [0, 0.1) is 0 Å². The fourth-order valence-electron chi connectivity index (χ4n) is 2.13. The molecule has 0 aromatic heterocycles. The van der Waals surface area contributed by atoms with Crippen molar-refractivity contribution in [3.63, 3.8) is 0 Å². The van der Waals surface area contributed by atoms with E-state index < -0.39 is 32.3 Å². The van der Waals surface area contributed by atoms with E-state index in [1.807, 2.05) is 0 Å². The van der Waals surface area contributed by atoms with E-state index in [9.17, 15) is 35.9 Å². The molecule has 10 heteroatoms. The molecule has 0 aliphatic heterocycles. The highest BCUT2D eigenvalue weighted by atomic mass is 28.4. The van der Waals surface area contributed by atoms with E-state index in [2.05, 4.69) is 4.43 Å². The minimum Gasteiger partial charge on any atom is -0.390 e. The van der Waals surface area contributed by atoms with Gasteiger partial charge >= 0.3 is 21.2 Å². The lowest BCUT2D eigenvalue weighted by Gasteiger charge is -2.15. The maximum absolute atomic E-state index is 12.7. The smallest absolute Gasteiger partial charge is 0.390 e. The van der Waals surface area contributed by atoms with E-state index in [1.165, 1.54) is 0 Å². The van der Waals surface area contributed by atoms with Gasteiger partial charge in [-0.05, 0) is 43.0 Å². The van der Waals surface area contributed by atoms with Crippen molar-refractivity contribution in [1.29, 1.82) is 0 Å². The van der Waals surface area contributed by atoms with Crippen molar-refractivity contribution >= 4 is 8.80 Å². The zero-order valence-electron chi connectivity index (χ0n) is 12.8. The van der Waals surface area contributed by atoms with Crippen LogP contribution in [0.5, 0.6) is 0 Å². The van der Waals surface area contributed by atoms with E-state index >= 15 is 0 Å². The summed E-state index contributed by atoms with van der Waals surface area (Å²) in [6.45, 7) is 0. The average Bonchev–Trinajstić information content (AvgIpc) is 2.44. The fourth-order valence-corrected chi connectivity index (χ4v) is 3.04. The van der Waals surface area contributed by atoms with Crippen LogP contribution in [-0.2, 0) is 23.2 Å². The molecule has 1 aromatic carbocycles. The molecule has 0 saturated heterocycles. The standard InChI is InChI=1S/C14H18F6O3Si/c1-23-24(21,22)6-4-2-3-5-10-7-11(13(15,16)17)9-12(8-10)14(18,19)20/h7-9,21-22H,2-6H2,1H3. The predicted octanol–water partition coefficient (Wildman–Crippen LogP) is 4.01. The molecule has 24 heavy (non-hydrogen) atoms. The van der Waals surface area contributed by atoms with Crippen LogP contribution in [0.3, 0.4) is 0 Å². The zero-order valence-corrected chi connectivity index (χ0v) is 13.8. The number of hydrogen-bond donors (Lipinski definition) is 2. The van der Waals surface area contributed by atoms with E-state index in [1.54, 1.807) is 0 Å². The highest BCUT2D eigenvalue weighted by Gasteiger charge is 2.36. The van der Waals surface area contributed by atoms with Crippen LogP contribution in [0.15, 0.2) is 18.2 Å². The van der Waals surface area contributed by atoms with Gasteiger partial charge in [-0.1, -0.05) is 6.42 Å². The van der Waals surface area contributed by atoms with Gasteiger partial charge in [-0.25, -0.2) is 0 Å². The van der Waals surface area contributed by atoms with Gasteiger partial charge < -0.3 is 14.0 Å². The van der Waals surface area contributed by atoms with E-state index in [0.717, 1.165) is 7.11 Å². The third-order valence-corrected chi connectivity index (χ3v) is 5.10. The summed E-state index contributed by atoms with van der Waals surface area (Å²) in [6.07, 6.45) is -8.56. The Hall–Kier alpha value is -1.10. The number of aryl methyl sites for hydroxylation is 1. The second-order valence-corrected chi connectivity index (χ2v) is 7.82. The van der Waals surface area contributed by atoms with Crippen molar-refractivity contribution in [2.45, 2.75) is 44.1 Å². The molecule has 0 heterocycles. The SMILES string of the molecule is CO[Si](O)(O)CCCCCc1cc(C(F)(F)F)cc(C(F)(F)F)c1. The molecule has 1 rings (SSSR count). The van der Waals surface area contributed by atoms with E-state index in [4.69, 9.17) is 0 Å². The summed E-state index contributed by atoms with van der Waals surface area (Å²) in [5.41, 5.74) is -2.71. The second-order valence-electron chi connectivity index (χ2n) is 5.42. The van der Waals surface area contributed by atoms with Gasteiger partial charge in [0.05, 0.1) is 11.1 Å². The normalized spacial score (nSPS) is 13.4. The zero-order chi connectivity index (χ0) is 18.6. The molecular weight excluding hydrogens is 358 g/mol. The quantitative estimate of drug-likeness (QED) is 0.430. The van der Waals surface area contributed by atoms with Crippen LogP contribution in [0.25, 0.3) is 0 Å². The highest BCUT2D eigenvalue weighted by molar-refractivity contribution is 6.57. The molecule has 0 bridgehead atoms. The van der Waals surface area contributed by atoms with Crippen LogP contribution < -0.4 is 0 Å². The Kier molecular flexibility index (Phi) is 6.85. The van der Waals surface area contributed by atoms with Crippen molar-refractivity contribution in [1.82, 2.24) is 0 Å². The number of hydrogen-bond acceptors (Lipinski definition) is 3. The van der Waals surface area contributed by atoms with E-state index in [0.29, 0.717) is 31.4 Å². The lowest BCUT2D eigenvalue weighted by atomic mass is 10.0. The Morgan fingerprint density at radius 3 is 1.79 bits per heavy atom. The van der Waals surface area contributed by atoms with Crippen molar-refractivity contribution in [2.24, 2.45) is 0 Å². The predicted molar refractivity (Wildman–Crippen MR) is 76.0 cm³/mol. The maximum atomic E-state index is 12.7. The Morgan fingerprint density at radius 1 is 0.875 bits per heavy atom. The van der Waals surface area contributed by atoms with Gasteiger partial charge in [0.1, 0.15) is 0 Å². The molecule has 0 spiro atoms. The average molecular weight is 376 g/mol. The lowest BCUT2D eigenvalue weighted by Crippen LogP contribution is -2.37. The summed E-state index contributed by atoms with van der Waals surface area (Å²) >= 11 is 0. The third-order valence-electron chi connectivity index (χ3n) is 3.44. The molecule has 0 amide bonds. The minimum atomic E-state index is -4.85. The van der Waals surface area contributed by atoms with Gasteiger partial charge in [-0.15, -0.1) is 0 Å². The summed E-state index contributed by atoms with van der Waals surface area (Å²) < 4.78 is 80.8. The van der Waals surface area contributed by atoms with Crippen LogP contribution in [0.2, 0.25) is 6.04 Å². The number of benzene rings is 1. The molecule has 0 saturated carbocycles. The number of rotatable bonds is 7. The molecule has 0 aliphatic rings. The Balaban J connectivity index is 2.74. The second kappa shape index (κ2) is 7.85. The van der Waals surface area contributed by atoms with Crippen LogP contribution in [0.1, 0.15) is 36.0 Å². The molecule has 3 nitrogen and oxygen atoms in total. The molecule has 2 N–H and O–H groups in total. The molecule has 0 radical (unpaired) electrons. The Morgan fingerprint density at radius 2 is 1.38 bits per heavy atom. The molecule has 1 aromatic rings. The lowest BCUT2D eigenvalue weighted by molar-refractivity contribution is -0.143. The third kappa shape index (κ3) is 6.79. The molecule has 138 valence electrons. The van der Waals surface area contributed by atoms with Gasteiger partial charge in [0.2, 0.25) is 0 Å². The van der Waals surface area contributed by atoms with Crippen molar-refractivity contribution < 1.29 is 40.4 Å². The van der Waals surface area contributed by atoms with Crippen molar-refractivity contribution in [3.8, 4) is 0 Å². The Labute approximate surface area is 136 Å². The molecule has 0 aliphatic carbocycles. The summed E-state index contributed by atoms with van der Waals surface area (Å²) in [7, 11) is -2.51. The maximum Gasteiger partial charge on any atom is 0.495 e. The van der Waals surface area contributed by atoms with Crippen molar-refractivity contribution in [3.05, 3.63) is 34.9 Å². The van der Waals surface area contributed by atoms with Crippen LogP contribution in [-0.4, -0.2) is 25.5 Å². The molecule has 0 unspecified atom stereocenters. The fraction of sp³-hybridized carbons (Fsp3) is 0.571. The molecule has 0 atom stereocenters. The van der Waals surface area contributed by atoms with Gasteiger partial charge in [-0.2, -0.15) is 26.3 Å². The van der Waals surface area contributed by atoms with Crippen LogP contribution >= 0.6 is 0 Å². The highest BCUT2D eigenvalue weighted by Crippen LogP contribution is 2.36. The van der Waals surface area contributed by atoms with Gasteiger partial charge in [0, 0.05) is 13.2 Å². The Bertz CT molecular complexity index is 510. The first kappa shape index (κ1) is 20.9. The molecule has 0 fully saturated rings. The monoisotopic (exact) mass is 376 g/mol. The summed E-state index contributed by atoms with van der Waals surface area (Å²) in [4.78, 5) is 18.6. The molecular formula is C14H18F6O3Si. The van der Waals surface area contributed by atoms with Gasteiger partial charge in [0.15, 0.2) is 0 Å². The van der Waals surface area contributed by atoms with Gasteiger partial charge in [-0.3, -0.25) is 0 Å². The van der Waals surface area contributed by atoms with Crippen molar-refractivity contribution in [2.75, 3.05) is 7.11 Å². The topological polar surface area (TPSA) is 49.7 Å².